The van der Waals surface area contributed by atoms with Gasteiger partial charge in [0.1, 0.15) is 6.61 Å². The quantitative estimate of drug-likeness (QED) is 0.472. The number of hydrogen-bond acceptors (Lipinski definition) is 6. The molecule has 1 aliphatic heterocycles. The van der Waals surface area contributed by atoms with Gasteiger partial charge in [-0.15, -0.1) is 0 Å². The molecule has 2 aromatic rings. The highest BCUT2D eigenvalue weighted by atomic mass is 16.5. The number of nitrogens with one attached hydrogen (secondary N) is 1. The van der Waals surface area contributed by atoms with E-state index in [2.05, 4.69) is 58.5 Å². The van der Waals surface area contributed by atoms with Gasteiger partial charge >= 0.3 is 0 Å². The molecule has 6 heteroatoms. The highest BCUT2D eigenvalue weighted by Gasteiger charge is 2.14. The van der Waals surface area contributed by atoms with Gasteiger partial charge in [0, 0.05) is 43.3 Å². The third-order valence-corrected chi connectivity index (χ3v) is 5.75. The second kappa shape index (κ2) is 11.7. The maximum absolute atomic E-state index is 6.04. The van der Waals surface area contributed by atoms with E-state index in [1.807, 2.05) is 12.3 Å². The van der Waals surface area contributed by atoms with Gasteiger partial charge in [-0.05, 0) is 44.2 Å². The lowest BCUT2D eigenvalue weighted by Gasteiger charge is -2.29. The molecule has 0 spiro atoms. The minimum Gasteiger partial charge on any atom is -0.476 e. The number of allylic oxidation sites excluding steroid dienone is 2. The van der Waals surface area contributed by atoms with Crippen molar-refractivity contribution in [1.29, 1.82) is 0 Å². The van der Waals surface area contributed by atoms with Crippen molar-refractivity contribution in [2.24, 2.45) is 4.99 Å². The van der Waals surface area contributed by atoms with Crippen molar-refractivity contribution in [2.45, 2.75) is 39.2 Å². The monoisotopic (exact) mass is 434 g/mol. The number of morpholine rings is 1. The van der Waals surface area contributed by atoms with Crippen LogP contribution in [0.2, 0.25) is 0 Å². The first-order chi connectivity index (χ1) is 15.8. The molecule has 2 aliphatic rings. The van der Waals surface area contributed by atoms with Crippen LogP contribution in [-0.2, 0) is 11.3 Å². The predicted molar refractivity (Wildman–Crippen MR) is 130 cm³/mol. The Morgan fingerprint density at radius 3 is 2.91 bits per heavy atom. The molecule has 1 aromatic heterocycles. The first kappa shape index (κ1) is 22.3. The Hall–Kier alpha value is -2.86. The minimum atomic E-state index is 0.521. The Kier molecular flexibility index (Phi) is 8.15. The van der Waals surface area contributed by atoms with Gasteiger partial charge in [-0.25, -0.2) is 4.98 Å². The van der Waals surface area contributed by atoms with E-state index in [0.29, 0.717) is 19.0 Å². The molecule has 0 unspecified atom stereocenters. The summed E-state index contributed by atoms with van der Waals surface area (Å²) in [4.78, 5) is 11.7. The Bertz CT molecular complexity index is 935. The van der Waals surface area contributed by atoms with Crippen molar-refractivity contribution < 1.29 is 9.47 Å². The molecule has 1 N–H and O–H groups in total. The molecule has 6 nitrogen and oxygen atoms in total. The maximum Gasteiger partial charge on any atom is 0.215 e. The van der Waals surface area contributed by atoms with Crippen LogP contribution < -0.4 is 15.0 Å². The summed E-state index contributed by atoms with van der Waals surface area (Å²) in [6.45, 7) is 7.24. The molecule has 0 bridgehead atoms. The van der Waals surface area contributed by atoms with Gasteiger partial charge in [-0.2, -0.15) is 0 Å². The van der Waals surface area contributed by atoms with E-state index in [9.17, 15) is 0 Å². The molecule has 1 fully saturated rings. The van der Waals surface area contributed by atoms with Crippen LogP contribution in [0, 0.1) is 6.92 Å². The molecule has 0 saturated carbocycles. The third kappa shape index (κ3) is 6.82. The van der Waals surface area contributed by atoms with Gasteiger partial charge in [0.25, 0.3) is 0 Å². The summed E-state index contributed by atoms with van der Waals surface area (Å²) in [5.41, 5.74) is 5.72. The average molecular weight is 435 g/mol. The van der Waals surface area contributed by atoms with Crippen molar-refractivity contribution in [1.82, 2.24) is 10.3 Å². The first-order valence-corrected chi connectivity index (χ1v) is 11.7. The zero-order chi connectivity index (χ0) is 22.0. The highest BCUT2D eigenvalue weighted by Crippen LogP contribution is 2.23. The van der Waals surface area contributed by atoms with Crippen LogP contribution in [0.1, 0.15) is 42.5 Å². The van der Waals surface area contributed by atoms with E-state index in [4.69, 9.17) is 14.5 Å². The highest BCUT2D eigenvalue weighted by molar-refractivity contribution is 5.79. The normalized spacial score (nSPS) is 16.8. The van der Waals surface area contributed by atoms with Crippen LogP contribution in [0.15, 0.2) is 53.2 Å². The van der Waals surface area contributed by atoms with Crippen LogP contribution in [0.3, 0.4) is 0 Å². The Morgan fingerprint density at radius 1 is 1.19 bits per heavy atom. The molecule has 170 valence electrons. The molecule has 0 atom stereocenters. The fourth-order valence-electron chi connectivity index (χ4n) is 4.06. The Labute approximate surface area is 191 Å². The summed E-state index contributed by atoms with van der Waals surface area (Å²) in [5.74, 6) is 0.661. The summed E-state index contributed by atoms with van der Waals surface area (Å²) in [7, 11) is 0. The van der Waals surface area contributed by atoms with Crippen molar-refractivity contribution in [3.8, 4) is 5.88 Å². The molecule has 1 aliphatic carbocycles. The fourth-order valence-corrected chi connectivity index (χ4v) is 4.06. The number of ether oxygens (including phenoxy) is 2. The van der Waals surface area contributed by atoms with Crippen LogP contribution in [0.5, 0.6) is 5.88 Å². The van der Waals surface area contributed by atoms with Crippen LogP contribution in [0.25, 0.3) is 0 Å². The largest absolute Gasteiger partial charge is 0.476 e. The molecule has 0 radical (unpaired) electrons. The molecule has 1 saturated heterocycles. The third-order valence-electron chi connectivity index (χ3n) is 5.75. The second-order valence-corrected chi connectivity index (χ2v) is 8.39. The molecular formula is C26H34N4O2. The molecule has 1 aromatic carbocycles. The molecule has 32 heavy (non-hydrogen) atoms. The Morgan fingerprint density at radius 2 is 2.09 bits per heavy atom. The Balaban J connectivity index is 1.40. The zero-order valence-electron chi connectivity index (χ0n) is 19.1. The summed E-state index contributed by atoms with van der Waals surface area (Å²) in [6.07, 6.45) is 9.13. The van der Waals surface area contributed by atoms with Crippen molar-refractivity contribution in [3.63, 3.8) is 0 Å². The van der Waals surface area contributed by atoms with Gasteiger partial charge in [-0.3, -0.25) is 4.99 Å². The van der Waals surface area contributed by atoms with Crippen LogP contribution in [-0.4, -0.2) is 50.7 Å². The van der Waals surface area contributed by atoms with E-state index in [1.165, 1.54) is 30.5 Å². The van der Waals surface area contributed by atoms with E-state index < -0.39 is 0 Å². The number of hydrogen-bond donors (Lipinski definition) is 1. The number of anilines is 1. The number of nitrogens with zero attached hydrogens (tertiary/aromatic N) is 3. The minimum absolute atomic E-state index is 0.521. The summed E-state index contributed by atoms with van der Waals surface area (Å²) in [5, 5.41) is 3.50. The van der Waals surface area contributed by atoms with Gasteiger partial charge in [-0.1, -0.05) is 35.9 Å². The predicted octanol–water partition coefficient (Wildman–Crippen LogP) is 4.27. The van der Waals surface area contributed by atoms with Gasteiger partial charge in [0.15, 0.2) is 0 Å². The van der Waals surface area contributed by atoms with Crippen molar-refractivity contribution >= 4 is 11.9 Å². The van der Waals surface area contributed by atoms with Gasteiger partial charge < -0.3 is 19.7 Å². The lowest BCUT2D eigenvalue weighted by molar-refractivity contribution is 0.122. The van der Waals surface area contributed by atoms with Gasteiger partial charge in [0.2, 0.25) is 5.88 Å². The number of aryl methyl sites for hydroxylation is 1. The van der Waals surface area contributed by atoms with E-state index in [0.717, 1.165) is 56.2 Å². The summed E-state index contributed by atoms with van der Waals surface area (Å²) >= 11 is 0. The molecule has 2 heterocycles. The number of aliphatic imine (C=N–C) groups is 1. The first-order valence-electron chi connectivity index (χ1n) is 11.7. The van der Waals surface area contributed by atoms with Gasteiger partial charge in [0.05, 0.1) is 25.5 Å². The van der Waals surface area contributed by atoms with E-state index >= 15 is 0 Å². The lowest BCUT2D eigenvalue weighted by atomic mass is 10.1. The van der Waals surface area contributed by atoms with E-state index in [-0.39, 0.29) is 0 Å². The summed E-state index contributed by atoms with van der Waals surface area (Å²) in [6, 6.07) is 12.5. The van der Waals surface area contributed by atoms with Crippen molar-refractivity contribution in [3.05, 3.63) is 65.0 Å². The fraction of sp³-hybridized carbons (Fsp3) is 0.462. The standard InChI is InChI=1S/C26H34N4O2/c1-21-6-5-7-22(16-21)19-27-20-24-17-25(30-11-14-31-15-12-30)18-26(29-24)32-13-10-28-23-8-3-2-4-9-23/h5-8,16-19,28H,2-4,9-15,20H2,1H3. The maximum atomic E-state index is 6.04. The van der Waals surface area contributed by atoms with Crippen LogP contribution in [0.4, 0.5) is 5.69 Å². The number of pyridine rings is 1. The number of aromatic nitrogens is 1. The number of benzene rings is 1. The lowest BCUT2D eigenvalue weighted by Crippen LogP contribution is -2.36. The molecular weight excluding hydrogens is 400 g/mol. The SMILES string of the molecule is Cc1cccc(C=NCc2cc(N3CCOCC3)cc(OCCNC3=CCCCC3)n2)c1. The van der Waals surface area contributed by atoms with Crippen LogP contribution >= 0.6 is 0 Å². The topological polar surface area (TPSA) is 59.0 Å². The van der Waals surface area contributed by atoms with E-state index in [1.54, 1.807) is 0 Å². The summed E-state index contributed by atoms with van der Waals surface area (Å²) < 4.78 is 11.6. The zero-order valence-corrected chi connectivity index (χ0v) is 19.1. The van der Waals surface area contributed by atoms with Crippen molar-refractivity contribution in [2.75, 3.05) is 44.4 Å². The number of rotatable bonds is 9. The smallest absolute Gasteiger partial charge is 0.215 e. The average Bonchev–Trinajstić information content (AvgIpc) is 2.83. The molecule has 4 rings (SSSR count). The second-order valence-electron chi connectivity index (χ2n) is 8.39. The molecule has 0 amide bonds.